The molecule has 37 heavy (non-hydrogen) atoms. The fourth-order valence-electron chi connectivity index (χ4n) is 4.83. The highest BCUT2D eigenvalue weighted by Gasteiger charge is 2.52. The van der Waals surface area contributed by atoms with E-state index >= 15 is 0 Å². The molecule has 2 aliphatic rings. The van der Waals surface area contributed by atoms with Gasteiger partial charge in [-0.05, 0) is 35.7 Å². The number of nitrogens with zero attached hydrogens (tertiary/aromatic N) is 2. The Kier molecular flexibility index (Phi) is 6.81. The number of fused-ring (bicyclic) bond motifs is 1. The highest BCUT2D eigenvalue weighted by molar-refractivity contribution is 6.09. The number of rotatable bonds is 8. The number of urea groups is 1. The Bertz CT molecular complexity index is 1300. The second kappa shape index (κ2) is 10.3. The van der Waals surface area contributed by atoms with Crippen molar-refractivity contribution in [2.75, 3.05) is 26.3 Å². The van der Waals surface area contributed by atoms with Gasteiger partial charge in [0.15, 0.2) is 17.0 Å². The van der Waals surface area contributed by atoms with Crippen molar-refractivity contribution in [3.05, 3.63) is 95.6 Å². The van der Waals surface area contributed by atoms with Gasteiger partial charge in [0, 0.05) is 19.5 Å². The van der Waals surface area contributed by atoms with Gasteiger partial charge >= 0.3 is 6.03 Å². The van der Waals surface area contributed by atoms with Crippen molar-refractivity contribution in [3.8, 4) is 11.5 Å². The quantitative estimate of drug-likeness (QED) is 0.480. The number of hydrogen-bond donors (Lipinski definition) is 1. The van der Waals surface area contributed by atoms with Gasteiger partial charge < -0.3 is 19.7 Å². The minimum atomic E-state index is -1.28. The summed E-state index contributed by atoms with van der Waals surface area (Å²) < 4.78 is 11.2. The van der Waals surface area contributed by atoms with E-state index in [2.05, 4.69) is 5.32 Å². The normalized spacial score (nSPS) is 18.5. The first-order chi connectivity index (χ1) is 18.0. The Labute approximate surface area is 215 Å². The number of nitrogens with one attached hydrogen (secondary N) is 1. The summed E-state index contributed by atoms with van der Waals surface area (Å²) in [5.41, 5.74) is 1.17. The van der Waals surface area contributed by atoms with Crippen LogP contribution in [0.15, 0.2) is 78.9 Å². The molecule has 3 aromatic rings. The van der Waals surface area contributed by atoms with E-state index in [1.54, 1.807) is 4.90 Å². The van der Waals surface area contributed by atoms with Crippen molar-refractivity contribution in [2.24, 2.45) is 0 Å². The van der Waals surface area contributed by atoms with Gasteiger partial charge in [-0.1, -0.05) is 66.7 Å². The molecule has 1 saturated heterocycles. The van der Waals surface area contributed by atoms with Crippen LogP contribution in [0, 0.1) is 0 Å². The van der Waals surface area contributed by atoms with E-state index in [0.29, 0.717) is 43.4 Å². The van der Waals surface area contributed by atoms with E-state index in [9.17, 15) is 14.4 Å². The van der Waals surface area contributed by atoms with Crippen LogP contribution >= 0.6 is 0 Å². The van der Waals surface area contributed by atoms with Crippen molar-refractivity contribution in [3.63, 3.8) is 0 Å². The van der Waals surface area contributed by atoms with Crippen LogP contribution in [0.25, 0.3) is 0 Å². The highest BCUT2D eigenvalue weighted by atomic mass is 16.6. The van der Waals surface area contributed by atoms with Gasteiger partial charge in [0.1, 0.15) is 19.8 Å². The number of hydrogen-bond acceptors (Lipinski definition) is 5. The Hall–Kier alpha value is -4.33. The molecule has 1 atom stereocenters. The van der Waals surface area contributed by atoms with Crippen molar-refractivity contribution in [2.45, 2.75) is 25.4 Å². The molecule has 2 aliphatic heterocycles. The lowest BCUT2D eigenvalue weighted by molar-refractivity contribution is -0.139. The predicted molar refractivity (Wildman–Crippen MR) is 137 cm³/mol. The number of ether oxygens (including phenoxy) is 2. The summed E-state index contributed by atoms with van der Waals surface area (Å²) >= 11 is 0. The standard InChI is InChI=1S/C29H29N3O5/c1-2-31(19-22-13-14-24-25(17-22)37-16-15-36-24)26(33)20-32-27(34)29(30-28(32)35,23-11-7-4-8-12-23)18-21-9-5-3-6-10-21/h3-14,17H,2,15-16,18-20H2,1H3,(H,30,35)/t29-/m1/s1. The average molecular weight is 500 g/mol. The smallest absolute Gasteiger partial charge is 0.325 e. The van der Waals surface area contributed by atoms with E-state index in [1.165, 1.54) is 0 Å². The zero-order valence-electron chi connectivity index (χ0n) is 20.7. The van der Waals surface area contributed by atoms with Gasteiger partial charge in [0.25, 0.3) is 5.91 Å². The van der Waals surface area contributed by atoms with Crippen molar-refractivity contribution in [1.82, 2.24) is 15.1 Å². The van der Waals surface area contributed by atoms with Gasteiger partial charge in [-0.2, -0.15) is 0 Å². The molecule has 1 N–H and O–H groups in total. The van der Waals surface area contributed by atoms with E-state index in [-0.39, 0.29) is 18.9 Å². The third-order valence-electron chi connectivity index (χ3n) is 6.76. The molecule has 2 heterocycles. The van der Waals surface area contributed by atoms with Crippen LogP contribution in [-0.2, 0) is 28.1 Å². The first-order valence-corrected chi connectivity index (χ1v) is 12.4. The van der Waals surface area contributed by atoms with Gasteiger partial charge in [-0.15, -0.1) is 0 Å². The summed E-state index contributed by atoms with van der Waals surface area (Å²) in [5, 5.41) is 2.91. The maximum Gasteiger partial charge on any atom is 0.325 e. The molecule has 1 fully saturated rings. The molecule has 0 radical (unpaired) electrons. The molecule has 8 heteroatoms. The Balaban J connectivity index is 1.36. The second-order valence-corrected chi connectivity index (χ2v) is 9.14. The summed E-state index contributed by atoms with van der Waals surface area (Å²) in [5.74, 6) is 0.579. The number of carbonyl (C=O) groups is 3. The minimum Gasteiger partial charge on any atom is -0.486 e. The molecule has 0 unspecified atom stereocenters. The predicted octanol–water partition coefficient (Wildman–Crippen LogP) is 3.50. The summed E-state index contributed by atoms with van der Waals surface area (Å²) in [4.78, 5) is 42.9. The lowest BCUT2D eigenvalue weighted by Gasteiger charge is -2.28. The molecule has 0 saturated carbocycles. The van der Waals surface area contributed by atoms with Crippen molar-refractivity contribution < 1.29 is 23.9 Å². The van der Waals surface area contributed by atoms with Gasteiger partial charge in [-0.25, -0.2) is 4.79 Å². The lowest BCUT2D eigenvalue weighted by Crippen LogP contribution is -2.47. The van der Waals surface area contributed by atoms with E-state index in [0.717, 1.165) is 16.0 Å². The topological polar surface area (TPSA) is 88.2 Å². The van der Waals surface area contributed by atoms with Crippen LogP contribution in [0.5, 0.6) is 11.5 Å². The van der Waals surface area contributed by atoms with Crippen LogP contribution in [0.4, 0.5) is 4.79 Å². The fourth-order valence-corrected chi connectivity index (χ4v) is 4.83. The first-order valence-electron chi connectivity index (χ1n) is 12.4. The Morgan fingerprint density at radius 3 is 2.30 bits per heavy atom. The van der Waals surface area contributed by atoms with Gasteiger partial charge in [0.05, 0.1) is 0 Å². The Morgan fingerprint density at radius 1 is 0.919 bits per heavy atom. The van der Waals surface area contributed by atoms with E-state index in [4.69, 9.17) is 9.47 Å². The summed E-state index contributed by atoms with van der Waals surface area (Å²) in [6.45, 7) is 3.25. The number of likely N-dealkylation sites (N-methyl/N-ethyl adjacent to an activating group) is 1. The van der Waals surface area contributed by atoms with Gasteiger partial charge in [-0.3, -0.25) is 14.5 Å². The number of benzene rings is 3. The number of amides is 4. The van der Waals surface area contributed by atoms with Crippen LogP contribution in [0.1, 0.15) is 23.6 Å². The molecule has 0 bridgehead atoms. The molecule has 0 aliphatic carbocycles. The first kappa shape index (κ1) is 24.4. The molecule has 3 aromatic carbocycles. The number of carbonyl (C=O) groups excluding carboxylic acids is 3. The summed E-state index contributed by atoms with van der Waals surface area (Å²) in [6, 6.07) is 23.7. The van der Waals surface area contributed by atoms with Crippen LogP contribution < -0.4 is 14.8 Å². The molecule has 8 nitrogen and oxygen atoms in total. The fraction of sp³-hybridized carbons (Fsp3) is 0.276. The minimum absolute atomic E-state index is 0.280. The monoisotopic (exact) mass is 499 g/mol. The molecule has 0 spiro atoms. The highest BCUT2D eigenvalue weighted by Crippen LogP contribution is 2.34. The van der Waals surface area contributed by atoms with Crippen LogP contribution in [0.2, 0.25) is 0 Å². The molecule has 4 amide bonds. The zero-order valence-corrected chi connectivity index (χ0v) is 20.7. The lowest BCUT2D eigenvalue weighted by atomic mass is 9.83. The van der Waals surface area contributed by atoms with Crippen LogP contribution in [-0.4, -0.2) is 53.9 Å². The average Bonchev–Trinajstić information content (AvgIpc) is 3.17. The van der Waals surface area contributed by atoms with Gasteiger partial charge in [0.2, 0.25) is 5.91 Å². The summed E-state index contributed by atoms with van der Waals surface area (Å²) in [6.07, 6.45) is 0.280. The van der Waals surface area contributed by atoms with Crippen molar-refractivity contribution in [1.29, 1.82) is 0 Å². The number of imide groups is 1. The molecular formula is C29H29N3O5. The maximum absolute atomic E-state index is 13.8. The van der Waals surface area contributed by atoms with E-state index < -0.39 is 17.5 Å². The Morgan fingerprint density at radius 2 is 1.59 bits per heavy atom. The third-order valence-corrected chi connectivity index (χ3v) is 6.76. The maximum atomic E-state index is 13.8. The SMILES string of the molecule is CCN(Cc1ccc2c(c1)OCCO2)C(=O)CN1C(=O)N[C@](Cc2ccccc2)(c2ccccc2)C1=O. The molecule has 190 valence electrons. The molecular weight excluding hydrogens is 470 g/mol. The second-order valence-electron chi connectivity index (χ2n) is 9.14. The van der Waals surface area contributed by atoms with Crippen molar-refractivity contribution >= 4 is 17.8 Å². The molecule has 5 rings (SSSR count). The third kappa shape index (κ3) is 4.87. The van der Waals surface area contributed by atoms with Crippen LogP contribution in [0.3, 0.4) is 0 Å². The molecule has 0 aromatic heterocycles. The van der Waals surface area contributed by atoms with E-state index in [1.807, 2.05) is 85.8 Å². The largest absolute Gasteiger partial charge is 0.486 e. The zero-order chi connectivity index (χ0) is 25.8. The summed E-state index contributed by atoms with van der Waals surface area (Å²) in [7, 11) is 0.